The number of hydrogen-bond acceptors (Lipinski definition) is 1. The zero-order valence-electron chi connectivity index (χ0n) is 16.1. The third-order valence-electron chi connectivity index (χ3n) is 4.91. The van der Waals surface area contributed by atoms with Crippen LogP contribution in [0.2, 0.25) is 5.04 Å². The van der Waals surface area contributed by atoms with Crippen molar-refractivity contribution in [2.75, 3.05) is 0 Å². The van der Waals surface area contributed by atoms with Gasteiger partial charge in [0.05, 0.1) is 13.2 Å². The molecule has 0 aliphatic rings. The number of hydrogen-bond donors (Lipinski definition) is 0. The van der Waals surface area contributed by atoms with Crippen LogP contribution in [0.15, 0.2) is 84.9 Å². The first kappa shape index (κ1) is 19.1. The van der Waals surface area contributed by atoms with Gasteiger partial charge in [0.15, 0.2) is 5.69 Å². The van der Waals surface area contributed by atoms with Crippen LogP contribution in [-0.2, 0) is 11.0 Å². The first-order valence-electron chi connectivity index (χ1n) is 9.19. The summed E-state index contributed by atoms with van der Waals surface area (Å²) in [7, 11) is -2.54. The third-order valence-corrected chi connectivity index (χ3v) is 9.89. The summed E-state index contributed by atoms with van der Waals surface area (Å²) in [5.41, 5.74) is 1.69. The fourth-order valence-electron chi connectivity index (χ4n) is 3.67. The monoisotopic (exact) mass is 371 g/mol. The summed E-state index contributed by atoms with van der Waals surface area (Å²) >= 11 is 0. The number of benzene rings is 3. The second-order valence-electron chi connectivity index (χ2n) is 7.73. The van der Waals surface area contributed by atoms with Gasteiger partial charge < -0.3 is 4.43 Å². The van der Waals surface area contributed by atoms with Crippen LogP contribution >= 0.6 is 0 Å². The van der Waals surface area contributed by atoms with Crippen LogP contribution < -0.4 is 10.4 Å². The van der Waals surface area contributed by atoms with Gasteiger partial charge in [0.25, 0.3) is 8.32 Å². The summed E-state index contributed by atoms with van der Waals surface area (Å²) in [5.74, 6) is 0. The lowest BCUT2D eigenvalue weighted by atomic mass is 10.2. The van der Waals surface area contributed by atoms with Gasteiger partial charge in [-0.2, -0.15) is 0 Å². The minimum Gasteiger partial charge on any atom is -0.403 e. The summed E-state index contributed by atoms with van der Waals surface area (Å²) < 4.78 is 6.89. The second-order valence-corrected chi connectivity index (χ2v) is 12.0. The summed E-state index contributed by atoms with van der Waals surface area (Å²) in [6.07, 6.45) is 0. The molecular weight excluding hydrogens is 346 g/mol. The van der Waals surface area contributed by atoms with Crippen LogP contribution in [0.4, 0.5) is 5.69 Å². The summed E-state index contributed by atoms with van der Waals surface area (Å²) in [4.78, 5) is 3.55. The Morgan fingerprint density at radius 1 is 0.815 bits per heavy atom. The van der Waals surface area contributed by atoms with Crippen molar-refractivity contribution in [2.24, 2.45) is 0 Å². The SMILES string of the molecule is [C-]#[N+]c1cccc(CO[Si](c2ccccc2)(c2ccccc2)C(C)(C)C)c1. The van der Waals surface area contributed by atoms with Gasteiger partial charge in [-0.25, -0.2) is 4.85 Å². The van der Waals surface area contributed by atoms with Crippen molar-refractivity contribution in [2.45, 2.75) is 32.4 Å². The highest BCUT2D eigenvalue weighted by Gasteiger charge is 2.50. The van der Waals surface area contributed by atoms with Gasteiger partial charge in [-0.05, 0) is 21.0 Å². The molecule has 0 N–H and O–H groups in total. The standard InChI is InChI=1S/C24H25NOSi/c1-24(2,3)27(22-14-7-5-8-15-22,23-16-9-6-10-17-23)26-19-20-12-11-13-21(18-20)25-4/h5-18H,19H2,1-3H3. The lowest BCUT2D eigenvalue weighted by Gasteiger charge is -2.43. The number of rotatable bonds is 5. The van der Waals surface area contributed by atoms with Crippen LogP contribution in [0.1, 0.15) is 26.3 Å². The van der Waals surface area contributed by atoms with E-state index in [1.807, 2.05) is 24.3 Å². The predicted octanol–water partition coefficient (Wildman–Crippen LogP) is 5.31. The lowest BCUT2D eigenvalue weighted by Crippen LogP contribution is -2.66. The van der Waals surface area contributed by atoms with Gasteiger partial charge in [-0.3, -0.25) is 0 Å². The van der Waals surface area contributed by atoms with E-state index in [1.165, 1.54) is 10.4 Å². The Morgan fingerprint density at radius 2 is 1.37 bits per heavy atom. The largest absolute Gasteiger partial charge is 0.403 e. The van der Waals surface area contributed by atoms with Crippen molar-refractivity contribution in [1.82, 2.24) is 0 Å². The quantitative estimate of drug-likeness (QED) is 0.437. The molecule has 3 rings (SSSR count). The van der Waals surface area contributed by atoms with E-state index in [9.17, 15) is 0 Å². The van der Waals surface area contributed by atoms with Crippen LogP contribution in [0, 0.1) is 6.57 Å². The van der Waals surface area contributed by atoms with Crippen molar-refractivity contribution in [3.8, 4) is 0 Å². The Bertz CT molecular complexity index is 884. The zero-order valence-corrected chi connectivity index (χ0v) is 17.1. The predicted molar refractivity (Wildman–Crippen MR) is 115 cm³/mol. The fourth-order valence-corrected chi connectivity index (χ4v) is 8.21. The molecule has 0 bridgehead atoms. The van der Waals surface area contributed by atoms with Gasteiger partial charge >= 0.3 is 0 Å². The van der Waals surface area contributed by atoms with Gasteiger partial charge in [0.1, 0.15) is 0 Å². The molecule has 3 heteroatoms. The molecule has 0 radical (unpaired) electrons. The summed E-state index contributed by atoms with van der Waals surface area (Å²) in [5, 5.41) is 2.49. The van der Waals surface area contributed by atoms with Crippen molar-refractivity contribution < 1.29 is 4.43 Å². The molecule has 0 amide bonds. The molecule has 2 nitrogen and oxygen atoms in total. The first-order chi connectivity index (χ1) is 13.0. The molecule has 3 aromatic carbocycles. The zero-order chi connectivity index (χ0) is 19.3. The van der Waals surface area contributed by atoms with Crippen molar-refractivity contribution >= 4 is 24.4 Å². The number of nitrogens with zero attached hydrogens (tertiary/aromatic N) is 1. The maximum atomic E-state index is 7.26. The molecular formula is C24H25NOSi. The second kappa shape index (κ2) is 7.92. The molecule has 0 atom stereocenters. The molecule has 0 spiro atoms. The Labute approximate surface area is 163 Å². The third kappa shape index (κ3) is 3.87. The minimum atomic E-state index is -2.54. The van der Waals surface area contributed by atoms with Gasteiger partial charge in [0, 0.05) is 0 Å². The van der Waals surface area contributed by atoms with Crippen LogP contribution in [-0.4, -0.2) is 8.32 Å². The lowest BCUT2D eigenvalue weighted by molar-refractivity contribution is 0.286. The van der Waals surface area contributed by atoms with Crippen LogP contribution in [0.5, 0.6) is 0 Å². The molecule has 0 heterocycles. The average molecular weight is 372 g/mol. The molecule has 0 saturated carbocycles. The van der Waals surface area contributed by atoms with Crippen molar-refractivity contribution in [3.63, 3.8) is 0 Å². The Hall–Kier alpha value is -2.67. The van der Waals surface area contributed by atoms with E-state index in [4.69, 9.17) is 11.0 Å². The molecule has 0 unspecified atom stereocenters. The fraction of sp³-hybridized carbons (Fsp3) is 0.208. The Balaban J connectivity index is 2.10. The summed E-state index contributed by atoms with van der Waals surface area (Å²) in [6, 6.07) is 29.0. The van der Waals surface area contributed by atoms with E-state index in [2.05, 4.69) is 86.3 Å². The van der Waals surface area contributed by atoms with E-state index in [0.29, 0.717) is 12.3 Å². The highest BCUT2D eigenvalue weighted by molar-refractivity contribution is 6.99. The molecule has 3 aromatic rings. The molecule has 27 heavy (non-hydrogen) atoms. The molecule has 0 saturated heterocycles. The smallest absolute Gasteiger partial charge is 0.261 e. The Kier molecular flexibility index (Phi) is 5.60. The van der Waals surface area contributed by atoms with Gasteiger partial charge in [-0.1, -0.05) is 106 Å². The van der Waals surface area contributed by atoms with Crippen molar-refractivity contribution in [3.05, 3.63) is 102 Å². The van der Waals surface area contributed by atoms with E-state index in [-0.39, 0.29) is 5.04 Å². The van der Waals surface area contributed by atoms with E-state index in [1.54, 1.807) is 0 Å². The van der Waals surface area contributed by atoms with Crippen molar-refractivity contribution in [1.29, 1.82) is 0 Å². The van der Waals surface area contributed by atoms with E-state index < -0.39 is 8.32 Å². The maximum Gasteiger partial charge on any atom is 0.261 e. The molecule has 0 fully saturated rings. The molecule has 136 valence electrons. The van der Waals surface area contributed by atoms with E-state index >= 15 is 0 Å². The molecule has 0 aliphatic carbocycles. The van der Waals surface area contributed by atoms with E-state index in [0.717, 1.165) is 5.56 Å². The van der Waals surface area contributed by atoms with Crippen LogP contribution in [0.3, 0.4) is 0 Å². The molecule has 0 aliphatic heterocycles. The Morgan fingerprint density at radius 3 is 1.85 bits per heavy atom. The average Bonchev–Trinajstić information content (AvgIpc) is 2.69. The first-order valence-corrected chi connectivity index (χ1v) is 11.1. The molecule has 0 aromatic heterocycles. The highest BCUT2D eigenvalue weighted by Crippen LogP contribution is 2.37. The normalized spacial score (nSPS) is 11.8. The summed E-state index contributed by atoms with van der Waals surface area (Å²) in [6.45, 7) is 14.6. The van der Waals surface area contributed by atoms with Gasteiger partial charge in [-0.15, -0.1) is 0 Å². The van der Waals surface area contributed by atoms with Gasteiger partial charge in [0.2, 0.25) is 0 Å². The highest BCUT2D eigenvalue weighted by atomic mass is 28.4. The maximum absolute atomic E-state index is 7.26. The topological polar surface area (TPSA) is 13.6 Å². The van der Waals surface area contributed by atoms with Crippen LogP contribution in [0.25, 0.3) is 4.85 Å². The minimum absolute atomic E-state index is 0.0485.